The molecule has 73 valence electrons. The second-order valence-electron chi connectivity index (χ2n) is 2.65. The Morgan fingerprint density at radius 2 is 2.00 bits per heavy atom. The van der Waals surface area contributed by atoms with Crippen LogP contribution in [0.4, 0.5) is 0 Å². The summed E-state index contributed by atoms with van der Waals surface area (Å²) in [6.07, 6.45) is 2.00. The molecule has 0 saturated heterocycles. The van der Waals surface area contributed by atoms with Crippen LogP contribution >= 0.6 is 0 Å². The molecule has 0 spiro atoms. The number of carboxylic acid groups (broad SMARTS) is 1. The molecular formula is C10H9O4. The zero-order valence-corrected chi connectivity index (χ0v) is 7.40. The smallest absolute Gasteiger partial charge is 0.341 e. The summed E-state index contributed by atoms with van der Waals surface area (Å²) in [6, 6.07) is 6.63. The van der Waals surface area contributed by atoms with Gasteiger partial charge in [-0.25, -0.2) is 4.79 Å². The molecule has 0 atom stereocenters. The number of hydrogen-bond acceptors (Lipinski definition) is 3. The SMILES string of the molecule is O=[C]Cc1ccc(OCC(=O)O)cc1. The van der Waals surface area contributed by atoms with Gasteiger partial charge in [-0.2, -0.15) is 0 Å². The van der Waals surface area contributed by atoms with Crippen molar-refractivity contribution in [2.75, 3.05) is 6.61 Å². The fourth-order valence-electron chi connectivity index (χ4n) is 0.932. The van der Waals surface area contributed by atoms with Gasteiger partial charge in [-0.05, 0) is 17.7 Å². The van der Waals surface area contributed by atoms with Crippen molar-refractivity contribution < 1.29 is 19.4 Å². The van der Waals surface area contributed by atoms with Gasteiger partial charge in [-0.1, -0.05) is 12.1 Å². The molecule has 1 N–H and O–H groups in total. The van der Waals surface area contributed by atoms with Gasteiger partial charge in [0.25, 0.3) is 0 Å². The number of benzene rings is 1. The van der Waals surface area contributed by atoms with E-state index in [1.807, 2.05) is 0 Å². The number of carboxylic acids is 1. The molecule has 0 heterocycles. The zero-order valence-electron chi connectivity index (χ0n) is 7.40. The number of aliphatic carboxylic acids is 1. The minimum atomic E-state index is -1.02. The van der Waals surface area contributed by atoms with E-state index in [4.69, 9.17) is 9.84 Å². The molecule has 1 aromatic rings. The third-order valence-electron chi connectivity index (χ3n) is 1.56. The van der Waals surface area contributed by atoms with E-state index in [0.717, 1.165) is 5.56 Å². The van der Waals surface area contributed by atoms with E-state index >= 15 is 0 Å². The summed E-state index contributed by atoms with van der Waals surface area (Å²) in [5, 5.41) is 8.34. The summed E-state index contributed by atoms with van der Waals surface area (Å²) in [4.78, 5) is 20.2. The van der Waals surface area contributed by atoms with Crippen LogP contribution in [0.3, 0.4) is 0 Å². The Hall–Kier alpha value is -1.84. The Labute approximate surface area is 81.1 Å². The molecule has 0 aliphatic heterocycles. The number of ether oxygens (including phenoxy) is 1. The van der Waals surface area contributed by atoms with Crippen molar-refractivity contribution >= 4 is 12.3 Å². The molecular weight excluding hydrogens is 184 g/mol. The highest BCUT2D eigenvalue weighted by atomic mass is 16.5. The summed E-state index contributed by atoms with van der Waals surface area (Å²) in [6.45, 7) is -0.362. The number of hydrogen-bond donors (Lipinski definition) is 1. The first-order valence-electron chi connectivity index (χ1n) is 4.01. The third-order valence-corrected chi connectivity index (χ3v) is 1.56. The van der Waals surface area contributed by atoms with Crippen molar-refractivity contribution in [1.29, 1.82) is 0 Å². The van der Waals surface area contributed by atoms with Crippen LogP contribution in [0.5, 0.6) is 5.75 Å². The van der Waals surface area contributed by atoms with Crippen LogP contribution in [0.2, 0.25) is 0 Å². The molecule has 0 fully saturated rings. The lowest BCUT2D eigenvalue weighted by Gasteiger charge is -2.02. The van der Waals surface area contributed by atoms with Gasteiger partial charge in [0.15, 0.2) is 6.61 Å². The summed E-state index contributed by atoms with van der Waals surface area (Å²) in [5.41, 5.74) is 0.822. The Morgan fingerprint density at radius 1 is 1.36 bits per heavy atom. The molecule has 0 saturated carbocycles. The van der Waals surface area contributed by atoms with Gasteiger partial charge < -0.3 is 9.84 Å². The first kappa shape index (κ1) is 10.2. The molecule has 0 amide bonds. The van der Waals surface area contributed by atoms with Gasteiger partial charge in [0.05, 0.1) is 0 Å². The Kier molecular flexibility index (Phi) is 3.67. The van der Waals surface area contributed by atoms with E-state index in [0.29, 0.717) is 5.75 Å². The van der Waals surface area contributed by atoms with Crippen molar-refractivity contribution in [3.05, 3.63) is 29.8 Å². The molecule has 1 aromatic carbocycles. The molecule has 0 bridgehead atoms. The van der Waals surface area contributed by atoms with Crippen molar-refractivity contribution in [3.8, 4) is 5.75 Å². The average molecular weight is 193 g/mol. The first-order chi connectivity index (χ1) is 6.72. The standard InChI is InChI=1S/C10H9O4/c11-6-5-8-1-3-9(4-2-8)14-7-10(12)13/h1-4H,5,7H2,(H,12,13). The first-order valence-corrected chi connectivity index (χ1v) is 4.01. The van der Waals surface area contributed by atoms with Crippen LogP contribution in [0, 0.1) is 0 Å². The van der Waals surface area contributed by atoms with Crippen LogP contribution < -0.4 is 4.74 Å². The van der Waals surface area contributed by atoms with E-state index in [1.165, 1.54) is 0 Å². The van der Waals surface area contributed by atoms with E-state index in [2.05, 4.69) is 0 Å². The molecule has 0 aromatic heterocycles. The highest BCUT2D eigenvalue weighted by molar-refractivity contribution is 5.68. The Bertz CT molecular complexity index is 315. The second-order valence-corrected chi connectivity index (χ2v) is 2.65. The molecule has 1 rings (SSSR count). The van der Waals surface area contributed by atoms with E-state index in [-0.39, 0.29) is 13.0 Å². The van der Waals surface area contributed by atoms with Gasteiger partial charge in [0, 0.05) is 6.42 Å². The Balaban J connectivity index is 2.54. The van der Waals surface area contributed by atoms with E-state index in [9.17, 15) is 9.59 Å². The van der Waals surface area contributed by atoms with Gasteiger partial charge in [0.1, 0.15) is 5.75 Å². The second kappa shape index (κ2) is 5.01. The lowest BCUT2D eigenvalue weighted by Crippen LogP contribution is -2.09. The largest absolute Gasteiger partial charge is 0.482 e. The minimum absolute atomic E-state index is 0.235. The van der Waals surface area contributed by atoms with Gasteiger partial charge in [-0.15, -0.1) is 0 Å². The molecule has 0 aliphatic carbocycles. The molecule has 4 nitrogen and oxygen atoms in total. The maximum atomic E-state index is 10.2. The number of carbonyl (C=O) groups is 1. The van der Waals surface area contributed by atoms with Crippen LogP contribution in [0.15, 0.2) is 24.3 Å². The predicted octanol–water partition coefficient (Wildman–Crippen LogP) is 0.802. The quantitative estimate of drug-likeness (QED) is 0.751. The molecule has 1 radical (unpaired) electrons. The van der Waals surface area contributed by atoms with Crippen LogP contribution in [0.25, 0.3) is 0 Å². The normalized spacial score (nSPS) is 9.43. The maximum Gasteiger partial charge on any atom is 0.341 e. The average Bonchev–Trinajstić information content (AvgIpc) is 2.17. The molecule has 4 heteroatoms. The zero-order chi connectivity index (χ0) is 10.4. The van der Waals surface area contributed by atoms with Gasteiger partial charge in [0.2, 0.25) is 6.29 Å². The fourth-order valence-corrected chi connectivity index (χ4v) is 0.932. The topological polar surface area (TPSA) is 63.6 Å². The summed E-state index contributed by atoms with van der Waals surface area (Å²) < 4.78 is 4.90. The van der Waals surface area contributed by atoms with Crippen LogP contribution in [0.1, 0.15) is 5.56 Å². The van der Waals surface area contributed by atoms with Crippen molar-refractivity contribution in [1.82, 2.24) is 0 Å². The summed E-state index contributed by atoms with van der Waals surface area (Å²) in [7, 11) is 0. The fraction of sp³-hybridized carbons (Fsp3) is 0.200. The number of rotatable bonds is 5. The summed E-state index contributed by atoms with van der Waals surface area (Å²) >= 11 is 0. The van der Waals surface area contributed by atoms with Crippen molar-refractivity contribution in [2.45, 2.75) is 6.42 Å². The summed E-state index contributed by atoms with van der Waals surface area (Å²) in [5.74, 6) is -0.544. The minimum Gasteiger partial charge on any atom is -0.482 e. The third kappa shape index (κ3) is 3.26. The van der Waals surface area contributed by atoms with Crippen LogP contribution in [-0.2, 0) is 16.0 Å². The monoisotopic (exact) mass is 193 g/mol. The number of carbonyl (C=O) groups excluding carboxylic acids is 1. The predicted molar refractivity (Wildman–Crippen MR) is 49.0 cm³/mol. The molecule has 0 aliphatic rings. The highest BCUT2D eigenvalue weighted by Crippen LogP contribution is 2.11. The Morgan fingerprint density at radius 3 is 2.50 bits per heavy atom. The molecule has 0 unspecified atom stereocenters. The van der Waals surface area contributed by atoms with E-state index in [1.54, 1.807) is 30.6 Å². The van der Waals surface area contributed by atoms with Crippen molar-refractivity contribution in [2.24, 2.45) is 0 Å². The lowest BCUT2D eigenvalue weighted by atomic mass is 10.2. The maximum absolute atomic E-state index is 10.2. The van der Waals surface area contributed by atoms with E-state index < -0.39 is 5.97 Å². The highest BCUT2D eigenvalue weighted by Gasteiger charge is 1.99. The van der Waals surface area contributed by atoms with Crippen LogP contribution in [-0.4, -0.2) is 24.0 Å². The van der Waals surface area contributed by atoms with Crippen molar-refractivity contribution in [3.63, 3.8) is 0 Å². The lowest BCUT2D eigenvalue weighted by molar-refractivity contribution is -0.139. The van der Waals surface area contributed by atoms with Gasteiger partial charge in [-0.3, -0.25) is 4.79 Å². The molecule has 14 heavy (non-hydrogen) atoms. The van der Waals surface area contributed by atoms with Gasteiger partial charge >= 0.3 is 5.97 Å².